The van der Waals surface area contributed by atoms with Crippen molar-refractivity contribution in [3.8, 4) is 0 Å². The Bertz CT molecular complexity index is 702. The predicted octanol–water partition coefficient (Wildman–Crippen LogP) is 0.963. The van der Waals surface area contributed by atoms with E-state index in [1.165, 1.54) is 0 Å². The third-order valence-electron chi connectivity index (χ3n) is 7.49. The molecule has 27 heavy (non-hydrogen) atoms. The number of epoxide rings is 1. The third kappa shape index (κ3) is 2.44. The van der Waals surface area contributed by atoms with Crippen LogP contribution < -0.4 is 0 Å². The smallest absolute Gasteiger partial charge is 0.333 e. The number of aliphatic hydroxyl groups is 2. The van der Waals surface area contributed by atoms with Gasteiger partial charge in [-0.1, -0.05) is 19.9 Å². The van der Waals surface area contributed by atoms with Gasteiger partial charge in [-0.2, -0.15) is 0 Å². The Morgan fingerprint density at radius 2 is 2.11 bits per heavy atom. The van der Waals surface area contributed by atoms with Crippen molar-refractivity contribution in [3.05, 3.63) is 11.6 Å². The first-order valence-electron chi connectivity index (χ1n) is 9.72. The Morgan fingerprint density at radius 3 is 2.74 bits per heavy atom. The first kappa shape index (κ1) is 18.9. The minimum Gasteiger partial charge on any atom is -0.461 e. The third-order valence-corrected chi connectivity index (χ3v) is 7.49. The van der Waals surface area contributed by atoms with Crippen LogP contribution >= 0.6 is 0 Å². The predicted molar refractivity (Wildman–Crippen MR) is 93.4 cm³/mol. The van der Waals surface area contributed by atoms with Crippen LogP contribution in [-0.2, 0) is 23.8 Å². The van der Waals surface area contributed by atoms with Gasteiger partial charge in [0, 0.05) is 22.8 Å². The summed E-state index contributed by atoms with van der Waals surface area (Å²) in [6.07, 6.45) is 0.926. The van der Waals surface area contributed by atoms with Crippen LogP contribution in [0.3, 0.4) is 0 Å². The highest BCUT2D eigenvalue weighted by Crippen LogP contribution is 2.64. The van der Waals surface area contributed by atoms with E-state index >= 15 is 0 Å². The van der Waals surface area contributed by atoms with Gasteiger partial charge in [0.1, 0.15) is 30.0 Å². The van der Waals surface area contributed by atoms with Crippen molar-refractivity contribution in [1.82, 2.24) is 0 Å². The Kier molecular flexibility index (Phi) is 4.22. The van der Waals surface area contributed by atoms with E-state index in [1.54, 1.807) is 19.9 Å². The lowest BCUT2D eigenvalue weighted by Crippen LogP contribution is -2.68. The molecule has 9 unspecified atom stereocenters. The van der Waals surface area contributed by atoms with Gasteiger partial charge in [-0.15, -0.1) is 0 Å². The van der Waals surface area contributed by atoms with E-state index in [-0.39, 0.29) is 17.8 Å². The summed E-state index contributed by atoms with van der Waals surface area (Å²) in [5.41, 5.74) is -1.68. The molecule has 150 valence electrons. The molecule has 0 aromatic heterocycles. The monoisotopic (exact) mass is 380 g/mol. The molecule has 2 N–H and O–H groups in total. The first-order chi connectivity index (χ1) is 12.7. The zero-order valence-electron chi connectivity index (χ0n) is 16.2. The molecule has 2 aliphatic carbocycles. The van der Waals surface area contributed by atoms with Crippen molar-refractivity contribution in [2.75, 3.05) is 6.61 Å². The Labute approximate surface area is 158 Å². The number of allylic oxidation sites excluding steroid dienone is 1. The maximum atomic E-state index is 12.4. The van der Waals surface area contributed by atoms with E-state index in [0.29, 0.717) is 12.0 Å². The van der Waals surface area contributed by atoms with Gasteiger partial charge in [0.2, 0.25) is 0 Å². The van der Waals surface area contributed by atoms with Gasteiger partial charge >= 0.3 is 11.9 Å². The van der Waals surface area contributed by atoms with E-state index in [9.17, 15) is 19.8 Å². The fourth-order valence-electron chi connectivity index (χ4n) is 5.73. The van der Waals surface area contributed by atoms with Gasteiger partial charge in [0.15, 0.2) is 0 Å². The highest BCUT2D eigenvalue weighted by molar-refractivity contribution is 5.87. The quantitative estimate of drug-likeness (QED) is 0.427. The van der Waals surface area contributed by atoms with Crippen LogP contribution in [0, 0.1) is 23.2 Å². The maximum absolute atomic E-state index is 12.4. The van der Waals surface area contributed by atoms with E-state index in [0.717, 1.165) is 6.42 Å². The lowest BCUT2D eigenvalue weighted by molar-refractivity contribution is -0.224. The van der Waals surface area contributed by atoms with Gasteiger partial charge in [-0.3, -0.25) is 4.79 Å². The number of fused-ring (bicyclic) bond motifs is 4. The zero-order valence-corrected chi connectivity index (χ0v) is 16.2. The van der Waals surface area contributed by atoms with Crippen LogP contribution in [0.25, 0.3) is 0 Å². The van der Waals surface area contributed by atoms with Crippen molar-refractivity contribution in [1.29, 1.82) is 0 Å². The Balaban J connectivity index is 1.73. The molecule has 0 bridgehead atoms. The second kappa shape index (κ2) is 6.03. The molecule has 0 aromatic carbocycles. The summed E-state index contributed by atoms with van der Waals surface area (Å²) in [7, 11) is 0. The number of ether oxygens (including phenoxy) is 3. The molecule has 4 aliphatic rings. The summed E-state index contributed by atoms with van der Waals surface area (Å²) in [5.74, 6) is -1.50. The van der Waals surface area contributed by atoms with Crippen LogP contribution in [-0.4, -0.2) is 58.8 Å². The summed E-state index contributed by atoms with van der Waals surface area (Å²) in [5, 5.41) is 21.4. The lowest BCUT2D eigenvalue weighted by Gasteiger charge is -2.56. The number of esters is 2. The van der Waals surface area contributed by atoms with Crippen LogP contribution in [0.1, 0.15) is 40.5 Å². The highest BCUT2D eigenvalue weighted by atomic mass is 16.6. The van der Waals surface area contributed by atoms with Crippen molar-refractivity contribution < 1.29 is 34.0 Å². The topological polar surface area (TPSA) is 106 Å². The molecule has 2 saturated carbocycles. The molecule has 0 amide bonds. The second-order valence-electron chi connectivity index (χ2n) is 8.84. The normalized spacial score (nSPS) is 51.0. The van der Waals surface area contributed by atoms with Gasteiger partial charge in [0.05, 0.1) is 12.5 Å². The Morgan fingerprint density at radius 1 is 1.41 bits per heavy atom. The lowest BCUT2D eigenvalue weighted by atomic mass is 9.50. The van der Waals surface area contributed by atoms with Gasteiger partial charge in [-0.05, 0) is 26.7 Å². The molecule has 7 nitrogen and oxygen atoms in total. The number of hydrogen-bond acceptors (Lipinski definition) is 7. The molecular formula is C20H28O7. The molecule has 2 aliphatic heterocycles. The van der Waals surface area contributed by atoms with E-state index < -0.39 is 53.9 Å². The molecule has 9 atom stereocenters. The zero-order chi connectivity index (χ0) is 19.7. The van der Waals surface area contributed by atoms with Crippen LogP contribution in [0.2, 0.25) is 0 Å². The van der Waals surface area contributed by atoms with E-state index in [1.807, 2.05) is 13.8 Å². The van der Waals surface area contributed by atoms with Crippen LogP contribution in [0.4, 0.5) is 0 Å². The van der Waals surface area contributed by atoms with Gasteiger partial charge in [-0.25, -0.2) is 4.79 Å². The molecule has 0 spiro atoms. The average Bonchev–Trinajstić information content (AvgIpc) is 3.39. The van der Waals surface area contributed by atoms with Crippen molar-refractivity contribution >= 4 is 11.9 Å². The number of rotatable bonds is 3. The summed E-state index contributed by atoms with van der Waals surface area (Å²) < 4.78 is 17.2. The number of hydrogen-bond donors (Lipinski definition) is 2. The van der Waals surface area contributed by atoms with Gasteiger partial charge in [0.25, 0.3) is 0 Å². The van der Waals surface area contributed by atoms with Crippen molar-refractivity contribution in [3.63, 3.8) is 0 Å². The van der Waals surface area contributed by atoms with Crippen molar-refractivity contribution in [2.24, 2.45) is 23.2 Å². The van der Waals surface area contributed by atoms with E-state index in [4.69, 9.17) is 14.2 Å². The van der Waals surface area contributed by atoms with Gasteiger partial charge < -0.3 is 24.4 Å². The molecular weight excluding hydrogens is 352 g/mol. The maximum Gasteiger partial charge on any atom is 0.333 e. The summed E-state index contributed by atoms with van der Waals surface area (Å²) in [6, 6.07) is 0. The molecule has 7 heteroatoms. The average molecular weight is 380 g/mol. The summed E-state index contributed by atoms with van der Waals surface area (Å²) in [4.78, 5) is 24.7. The summed E-state index contributed by atoms with van der Waals surface area (Å²) in [6.45, 7) is 6.77. The molecule has 0 radical (unpaired) electrons. The van der Waals surface area contributed by atoms with E-state index in [2.05, 4.69) is 0 Å². The Hall–Kier alpha value is -1.44. The first-order valence-corrected chi connectivity index (χ1v) is 9.72. The van der Waals surface area contributed by atoms with Crippen molar-refractivity contribution in [2.45, 2.75) is 70.6 Å². The molecule has 2 saturated heterocycles. The number of carbonyl (C=O) groups excluding carboxylic acids is 2. The van der Waals surface area contributed by atoms with Crippen LogP contribution in [0.5, 0.6) is 0 Å². The van der Waals surface area contributed by atoms with Crippen LogP contribution in [0.15, 0.2) is 11.6 Å². The highest BCUT2D eigenvalue weighted by Gasteiger charge is 2.77. The molecule has 4 rings (SSSR count). The molecule has 0 aromatic rings. The number of aliphatic hydroxyl groups excluding tert-OH is 1. The SMILES string of the molecule is CC=C(C)C(=O)OC1C2OC2C(O)(CO)C2C3OC(=O)C(C)C3CCC12C. The fourth-order valence-corrected chi connectivity index (χ4v) is 5.73. The largest absolute Gasteiger partial charge is 0.461 e. The fraction of sp³-hybridized carbons (Fsp3) is 0.800. The minimum atomic E-state index is -1.52. The standard InChI is InChI=1S/C20H28O7/c1-5-9(2)17(22)27-15-13-16(25-13)20(24,8-21)14-12-11(6-7-19(14,15)4)10(3)18(23)26-12/h5,10-16,21,24H,6-8H2,1-4H3. The second-order valence-corrected chi connectivity index (χ2v) is 8.84. The number of carbonyl (C=O) groups is 2. The summed E-state index contributed by atoms with van der Waals surface area (Å²) >= 11 is 0. The minimum absolute atomic E-state index is 0.0161. The molecule has 4 fully saturated rings. The molecule has 2 heterocycles.